The predicted molar refractivity (Wildman–Crippen MR) is 52.2 cm³/mol. The Kier molecular flexibility index (Phi) is 3.90. The van der Waals surface area contributed by atoms with Crippen LogP contribution in [0.1, 0.15) is 6.92 Å². The first-order valence-corrected chi connectivity index (χ1v) is 6.46. The van der Waals surface area contributed by atoms with Gasteiger partial charge < -0.3 is 9.47 Å². The highest BCUT2D eigenvalue weighted by Crippen LogP contribution is 2.31. The summed E-state index contributed by atoms with van der Waals surface area (Å²) < 4.78 is 22.6. The summed E-state index contributed by atoms with van der Waals surface area (Å²) in [6.07, 6.45) is -1.24. The minimum absolute atomic E-state index is 0.158. The van der Waals surface area contributed by atoms with Crippen LogP contribution >= 0.6 is 0 Å². The van der Waals surface area contributed by atoms with E-state index in [2.05, 4.69) is 4.84 Å². The molecule has 8 heteroatoms. The second-order valence-electron chi connectivity index (χ2n) is 3.70. The molecule has 0 bridgehead atoms. The lowest BCUT2D eigenvalue weighted by Crippen LogP contribution is -2.37. The molecule has 2 rings (SSSR count). The Hall–Kier alpha value is -0.0900. The molecule has 2 saturated heterocycles. The summed E-state index contributed by atoms with van der Waals surface area (Å²) >= 11 is 0. The molecule has 5 atom stereocenters. The van der Waals surface area contributed by atoms with Crippen molar-refractivity contribution in [1.82, 2.24) is 5.39 Å². The third-order valence-electron chi connectivity index (χ3n) is 2.81. The van der Waals surface area contributed by atoms with Gasteiger partial charge in [-0.15, -0.1) is 0 Å². The first-order chi connectivity index (χ1) is 7.63. The van der Waals surface area contributed by atoms with Crippen molar-refractivity contribution < 1.29 is 28.9 Å². The summed E-state index contributed by atoms with van der Waals surface area (Å²) in [7, 11) is -0.985. The molecule has 0 radical (unpaired) electrons. The van der Waals surface area contributed by atoms with Crippen LogP contribution < -0.4 is 0 Å². The van der Waals surface area contributed by atoms with Crippen molar-refractivity contribution in [2.45, 2.75) is 30.5 Å². The highest BCUT2D eigenvalue weighted by atomic mass is 32.2. The van der Waals surface area contributed by atoms with Gasteiger partial charge in [-0.05, 0) is 0 Å². The number of rotatable bonds is 4. The predicted octanol–water partition coefficient (Wildman–Crippen LogP) is -0.698. The van der Waals surface area contributed by atoms with E-state index >= 15 is 0 Å². The first-order valence-electron chi connectivity index (χ1n) is 5.08. The van der Waals surface area contributed by atoms with Gasteiger partial charge in [0.05, 0.1) is 23.9 Å². The smallest absolute Gasteiger partial charge is 0.136 e. The van der Waals surface area contributed by atoms with Gasteiger partial charge in [0.25, 0.3) is 0 Å². The Morgan fingerprint density at radius 1 is 1.38 bits per heavy atom. The van der Waals surface area contributed by atoms with E-state index in [-0.39, 0.29) is 29.5 Å². The van der Waals surface area contributed by atoms with Crippen LogP contribution in [0.15, 0.2) is 0 Å². The molecular formula is C8H15NO6S. The molecular weight excluding hydrogens is 238 g/mol. The molecule has 2 fully saturated rings. The fraction of sp³-hybridized carbons (Fsp3) is 1.00. The van der Waals surface area contributed by atoms with E-state index in [0.717, 1.165) is 0 Å². The van der Waals surface area contributed by atoms with E-state index in [9.17, 15) is 4.21 Å². The summed E-state index contributed by atoms with van der Waals surface area (Å²) in [5.41, 5.74) is 0. The van der Waals surface area contributed by atoms with Gasteiger partial charge in [-0.3, -0.25) is 14.6 Å². The van der Waals surface area contributed by atoms with E-state index in [4.69, 9.17) is 19.9 Å². The lowest BCUT2D eigenvalue weighted by molar-refractivity contribution is -0.507. The molecule has 2 aliphatic rings. The van der Waals surface area contributed by atoms with E-state index < -0.39 is 16.9 Å². The number of nitrogens with zero attached hydrogens (tertiary/aromatic N) is 1. The molecule has 0 saturated carbocycles. The van der Waals surface area contributed by atoms with Gasteiger partial charge in [0.15, 0.2) is 0 Å². The molecule has 16 heavy (non-hydrogen) atoms. The topological polar surface area (TPSA) is 88.5 Å². The quantitative estimate of drug-likeness (QED) is 0.640. The number of ether oxygens (including phenoxy) is 2. The van der Waals surface area contributed by atoms with Crippen LogP contribution in [0.3, 0.4) is 0 Å². The van der Waals surface area contributed by atoms with Crippen molar-refractivity contribution in [1.29, 1.82) is 0 Å². The summed E-state index contributed by atoms with van der Waals surface area (Å²) in [4.78, 5) is 4.68. The standard InChI is InChI=1S/C8H15NO6S/c1-2-16(12)6-4-14-7-5(15-9(10)11)3-13-8(6)7/h5-8,10-11H,2-4H2,1H3/t5-,6-,7-,8-,16?/m1/s1. The van der Waals surface area contributed by atoms with Crippen LogP contribution in [-0.4, -0.2) is 62.5 Å². The highest BCUT2D eigenvalue weighted by Gasteiger charge is 2.50. The van der Waals surface area contributed by atoms with E-state index in [1.807, 2.05) is 6.92 Å². The molecule has 0 amide bonds. The minimum Gasteiger partial charge on any atom is -0.371 e. The largest absolute Gasteiger partial charge is 0.371 e. The summed E-state index contributed by atoms with van der Waals surface area (Å²) in [6, 6.07) is 0. The van der Waals surface area contributed by atoms with Crippen LogP contribution in [-0.2, 0) is 25.1 Å². The monoisotopic (exact) mass is 253 g/mol. The molecule has 0 aromatic heterocycles. The van der Waals surface area contributed by atoms with Gasteiger partial charge >= 0.3 is 0 Å². The SMILES string of the molecule is CCS(=O)[C@@H]1CO[C@H]2[C@@H]1OC[C@H]2ON(O)O. The molecule has 0 aliphatic carbocycles. The second-order valence-corrected chi connectivity index (χ2v) is 5.64. The summed E-state index contributed by atoms with van der Waals surface area (Å²) in [6.45, 7) is 2.40. The van der Waals surface area contributed by atoms with Gasteiger partial charge in [0.1, 0.15) is 18.3 Å². The zero-order valence-electron chi connectivity index (χ0n) is 8.81. The van der Waals surface area contributed by atoms with Crippen LogP contribution in [0.5, 0.6) is 0 Å². The Bertz CT molecular complexity index is 275. The van der Waals surface area contributed by atoms with Crippen molar-refractivity contribution >= 4 is 10.8 Å². The molecule has 94 valence electrons. The van der Waals surface area contributed by atoms with Crippen LogP contribution in [0.25, 0.3) is 0 Å². The van der Waals surface area contributed by atoms with Gasteiger partial charge in [-0.25, -0.2) is 4.84 Å². The average Bonchev–Trinajstić information content (AvgIpc) is 2.79. The summed E-state index contributed by atoms with van der Waals surface area (Å²) in [5, 5.41) is 16.6. The maximum absolute atomic E-state index is 11.7. The third-order valence-corrected chi connectivity index (χ3v) is 4.46. The number of fused-ring (bicyclic) bond motifs is 1. The van der Waals surface area contributed by atoms with Crippen LogP contribution in [0.4, 0.5) is 0 Å². The molecule has 0 spiro atoms. The van der Waals surface area contributed by atoms with Crippen molar-refractivity contribution in [2.24, 2.45) is 0 Å². The maximum atomic E-state index is 11.7. The first kappa shape index (κ1) is 12.4. The Balaban J connectivity index is 1.98. The van der Waals surface area contributed by atoms with Gasteiger partial charge in [-0.2, -0.15) is 0 Å². The molecule has 1 unspecified atom stereocenters. The number of hydrogen-bond donors (Lipinski definition) is 2. The molecule has 2 aliphatic heterocycles. The Labute approximate surface area is 95.2 Å². The van der Waals surface area contributed by atoms with Crippen LogP contribution in [0, 0.1) is 0 Å². The molecule has 2 heterocycles. The molecule has 2 N–H and O–H groups in total. The van der Waals surface area contributed by atoms with E-state index in [1.54, 1.807) is 0 Å². The maximum Gasteiger partial charge on any atom is 0.136 e. The van der Waals surface area contributed by atoms with Crippen LogP contribution in [0.2, 0.25) is 0 Å². The lowest BCUT2D eigenvalue weighted by atomic mass is 10.1. The Morgan fingerprint density at radius 3 is 2.69 bits per heavy atom. The Morgan fingerprint density at radius 2 is 2.06 bits per heavy atom. The fourth-order valence-corrected chi connectivity index (χ4v) is 3.27. The van der Waals surface area contributed by atoms with Gasteiger partial charge in [-0.1, -0.05) is 6.92 Å². The third kappa shape index (κ3) is 2.28. The average molecular weight is 253 g/mol. The normalized spacial score (nSPS) is 40.2. The fourth-order valence-electron chi connectivity index (χ4n) is 2.08. The zero-order valence-corrected chi connectivity index (χ0v) is 9.63. The van der Waals surface area contributed by atoms with Crippen molar-refractivity contribution in [2.75, 3.05) is 19.0 Å². The second kappa shape index (κ2) is 5.05. The van der Waals surface area contributed by atoms with Crippen molar-refractivity contribution in [3.05, 3.63) is 0 Å². The minimum atomic E-state index is -0.985. The summed E-state index contributed by atoms with van der Waals surface area (Å²) in [5.74, 6) is 0.554. The number of hydrogen-bond acceptors (Lipinski definition) is 7. The molecule has 7 nitrogen and oxygen atoms in total. The van der Waals surface area contributed by atoms with Gasteiger partial charge in [0, 0.05) is 16.6 Å². The van der Waals surface area contributed by atoms with E-state index in [1.165, 1.54) is 0 Å². The van der Waals surface area contributed by atoms with Crippen molar-refractivity contribution in [3.63, 3.8) is 0 Å². The van der Waals surface area contributed by atoms with Crippen molar-refractivity contribution in [3.8, 4) is 0 Å². The molecule has 0 aromatic rings. The zero-order chi connectivity index (χ0) is 11.7. The molecule has 0 aromatic carbocycles. The van der Waals surface area contributed by atoms with Gasteiger partial charge in [0.2, 0.25) is 0 Å². The van der Waals surface area contributed by atoms with E-state index in [0.29, 0.717) is 12.4 Å². The lowest BCUT2D eigenvalue weighted by Gasteiger charge is -2.17. The highest BCUT2D eigenvalue weighted by molar-refractivity contribution is 7.85.